The Kier molecular flexibility index (Phi) is 4.98. The molecule has 1 unspecified atom stereocenters. The molecule has 3 N–H and O–H groups in total. The van der Waals surface area contributed by atoms with E-state index in [1.54, 1.807) is 19.2 Å². The number of thiazole rings is 1. The largest absolute Gasteiger partial charge is 0.389 e. The van der Waals surface area contributed by atoms with E-state index in [1.165, 1.54) is 11.3 Å². The monoisotopic (exact) mass is 312 g/mol. The van der Waals surface area contributed by atoms with Gasteiger partial charge in [0.15, 0.2) is 0 Å². The highest BCUT2D eigenvalue weighted by atomic mass is 32.1. The molecule has 1 saturated heterocycles. The Morgan fingerprint density at radius 2 is 2.10 bits per heavy atom. The zero-order valence-corrected chi connectivity index (χ0v) is 13.7. The van der Waals surface area contributed by atoms with Crippen LogP contribution in [0.25, 0.3) is 0 Å². The molecule has 0 spiro atoms. The van der Waals surface area contributed by atoms with Crippen LogP contribution in [0.3, 0.4) is 0 Å². The van der Waals surface area contributed by atoms with Crippen molar-refractivity contribution in [3.8, 4) is 0 Å². The lowest BCUT2D eigenvalue weighted by atomic mass is 10.1. The molecule has 0 radical (unpaired) electrons. The van der Waals surface area contributed by atoms with Crippen LogP contribution < -0.4 is 5.73 Å². The van der Waals surface area contributed by atoms with Crippen LogP contribution >= 0.6 is 11.3 Å². The van der Waals surface area contributed by atoms with Gasteiger partial charge in [0.25, 0.3) is 5.91 Å². The number of amides is 1. The van der Waals surface area contributed by atoms with E-state index >= 15 is 0 Å². The summed E-state index contributed by atoms with van der Waals surface area (Å²) in [6.45, 7) is 8.98. The maximum Gasteiger partial charge on any atom is 0.273 e. The van der Waals surface area contributed by atoms with Gasteiger partial charge in [-0.05, 0) is 20.8 Å². The van der Waals surface area contributed by atoms with E-state index in [0.29, 0.717) is 25.3 Å². The summed E-state index contributed by atoms with van der Waals surface area (Å²) in [5, 5.41) is 12.4. The minimum absolute atomic E-state index is 0.0268. The Labute approximate surface area is 129 Å². The molecule has 0 saturated carbocycles. The third kappa shape index (κ3) is 4.47. The number of hydrogen-bond donors (Lipinski definition) is 2. The van der Waals surface area contributed by atoms with Crippen molar-refractivity contribution in [3.63, 3.8) is 0 Å². The average molecular weight is 312 g/mol. The Hall–Kier alpha value is -1.02. The fourth-order valence-corrected chi connectivity index (χ4v) is 3.16. The lowest BCUT2D eigenvalue weighted by molar-refractivity contribution is 0.0177. The SMILES string of the molecule is CC(N)c1nc(C(=O)N2CCN(CC(C)(C)O)CC2)cs1. The number of nitrogens with two attached hydrogens (primary N) is 1. The zero-order chi connectivity index (χ0) is 15.6. The summed E-state index contributed by atoms with van der Waals surface area (Å²) >= 11 is 1.43. The summed E-state index contributed by atoms with van der Waals surface area (Å²) < 4.78 is 0. The van der Waals surface area contributed by atoms with Crippen molar-refractivity contribution in [2.45, 2.75) is 32.4 Å². The molecule has 0 aliphatic carbocycles. The molecular weight excluding hydrogens is 288 g/mol. The Morgan fingerprint density at radius 3 is 2.57 bits per heavy atom. The molecule has 1 aliphatic heterocycles. The highest BCUT2D eigenvalue weighted by Crippen LogP contribution is 2.18. The quantitative estimate of drug-likeness (QED) is 0.855. The summed E-state index contributed by atoms with van der Waals surface area (Å²) in [5.41, 5.74) is 5.56. The lowest BCUT2D eigenvalue weighted by Crippen LogP contribution is -2.52. The van der Waals surface area contributed by atoms with E-state index in [0.717, 1.165) is 18.1 Å². The van der Waals surface area contributed by atoms with Crippen molar-refractivity contribution >= 4 is 17.2 Å². The first-order chi connectivity index (χ1) is 9.76. The molecule has 1 aliphatic rings. The second-order valence-corrected chi connectivity index (χ2v) is 7.13. The molecule has 1 aromatic rings. The number of aliphatic hydroxyl groups is 1. The minimum atomic E-state index is -0.701. The molecular formula is C14H24N4O2S. The van der Waals surface area contributed by atoms with Crippen LogP contribution in [0, 0.1) is 0 Å². The number of rotatable bonds is 4. The molecule has 1 fully saturated rings. The number of aromatic nitrogens is 1. The van der Waals surface area contributed by atoms with Gasteiger partial charge >= 0.3 is 0 Å². The van der Waals surface area contributed by atoms with Crippen molar-refractivity contribution in [1.29, 1.82) is 0 Å². The molecule has 1 atom stereocenters. The fourth-order valence-electron chi connectivity index (χ4n) is 2.41. The highest BCUT2D eigenvalue weighted by Gasteiger charge is 2.26. The van der Waals surface area contributed by atoms with Gasteiger partial charge in [-0.1, -0.05) is 0 Å². The summed E-state index contributed by atoms with van der Waals surface area (Å²) in [4.78, 5) is 20.7. The van der Waals surface area contributed by atoms with Gasteiger partial charge in [0.05, 0.1) is 11.6 Å². The van der Waals surface area contributed by atoms with Gasteiger partial charge in [-0.25, -0.2) is 4.98 Å². The predicted molar refractivity (Wildman–Crippen MR) is 83.4 cm³/mol. The summed E-state index contributed by atoms with van der Waals surface area (Å²) in [5.74, 6) is -0.0268. The minimum Gasteiger partial charge on any atom is -0.389 e. The molecule has 0 bridgehead atoms. The normalized spacial score (nSPS) is 18.8. The van der Waals surface area contributed by atoms with Gasteiger partial charge in [0.1, 0.15) is 10.7 Å². The highest BCUT2D eigenvalue weighted by molar-refractivity contribution is 7.09. The molecule has 21 heavy (non-hydrogen) atoms. The van der Waals surface area contributed by atoms with Crippen LogP contribution in [0.2, 0.25) is 0 Å². The molecule has 0 aromatic carbocycles. The van der Waals surface area contributed by atoms with Crippen LogP contribution in [0.5, 0.6) is 0 Å². The third-order valence-corrected chi connectivity index (χ3v) is 4.45. The molecule has 118 valence electrons. The Bertz CT molecular complexity index is 487. The van der Waals surface area contributed by atoms with Crippen molar-refractivity contribution in [1.82, 2.24) is 14.8 Å². The topological polar surface area (TPSA) is 82.7 Å². The van der Waals surface area contributed by atoms with Crippen LogP contribution in [-0.2, 0) is 0 Å². The first kappa shape index (κ1) is 16.4. The van der Waals surface area contributed by atoms with Crippen molar-refractivity contribution in [2.24, 2.45) is 5.73 Å². The fraction of sp³-hybridized carbons (Fsp3) is 0.714. The van der Waals surface area contributed by atoms with Crippen molar-refractivity contribution < 1.29 is 9.90 Å². The second-order valence-electron chi connectivity index (χ2n) is 6.24. The maximum atomic E-state index is 12.4. The van der Waals surface area contributed by atoms with Gasteiger partial charge in [-0.2, -0.15) is 0 Å². The van der Waals surface area contributed by atoms with Gasteiger partial charge in [-0.3, -0.25) is 9.69 Å². The Morgan fingerprint density at radius 1 is 1.48 bits per heavy atom. The number of hydrogen-bond acceptors (Lipinski definition) is 6. The van der Waals surface area contributed by atoms with Crippen molar-refractivity contribution in [3.05, 3.63) is 16.1 Å². The van der Waals surface area contributed by atoms with E-state index in [9.17, 15) is 9.90 Å². The third-order valence-electron chi connectivity index (χ3n) is 3.40. The van der Waals surface area contributed by atoms with Crippen LogP contribution in [0.15, 0.2) is 5.38 Å². The molecule has 2 heterocycles. The first-order valence-corrected chi connectivity index (χ1v) is 8.09. The van der Waals surface area contributed by atoms with E-state index in [1.807, 2.05) is 11.8 Å². The van der Waals surface area contributed by atoms with Gasteiger partial charge in [0.2, 0.25) is 0 Å². The average Bonchev–Trinajstić information content (AvgIpc) is 2.86. The molecule has 7 heteroatoms. The zero-order valence-electron chi connectivity index (χ0n) is 12.9. The number of β-amino-alcohol motifs (C(OH)–C–C–N with tert-alkyl or cyclic N) is 1. The van der Waals surface area contributed by atoms with Crippen LogP contribution in [0.4, 0.5) is 0 Å². The Balaban J connectivity index is 1.90. The van der Waals surface area contributed by atoms with Crippen LogP contribution in [-0.4, -0.2) is 64.1 Å². The predicted octanol–water partition coefficient (Wildman–Crippen LogP) is 0.692. The summed E-state index contributed by atoms with van der Waals surface area (Å²) in [6.07, 6.45) is 0. The summed E-state index contributed by atoms with van der Waals surface area (Å²) in [6, 6.07) is -0.139. The molecule has 1 amide bonds. The molecule has 6 nitrogen and oxygen atoms in total. The first-order valence-electron chi connectivity index (χ1n) is 7.21. The number of carbonyl (C=O) groups excluding carboxylic acids is 1. The maximum absolute atomic E-state index is 12.4. The van der Waals surface area contributed by atoms with E-state index in [2.05, 4.69) is 9.88 Å². The van der Waals surface area contributed by atoms with Crippen molar-refractivity contribution in [2.75, 3.05) is 32.7 Å². The summed E-state index contributed by atoms with van der Waals surface area (Å²) in [7, 11) is 0. The second kappa shape index (κ2) is 6.39. The van der Waals surface area contributed by atoms with E-state index in [-0.39, 0.29) is 11.9 Å². The standard InChI is InChI=1S/C14H24N4O2S/c1-10(15)12-16-11(8-21-12)13(19)18-6-4-17(5-7-18)9-14(2,3)20/h8,10,20H,4-7,9,15H2,1-3H3. The van der Waals surface area contributed by atoms with Gasteiger partial charge in [0, 0.05) is 38.1 Å². The van der Waals surface area contributed by atoms with Gasteiger partial charge < -0.3 is 15.7 Å². The van der Waals surface area contributed by atoms with Gasteiger partial charge in [-0.15, -0.1) is 11.3 Å². The van der Waals surface area contributed by atoms with Crippen LogP contribution in [0.1, 0.15) is 42.3 Å². The number of piperazine rings is 1. The lowest BCUT2D eigenvalue weighted by Gasteiger charge is -2.37. The van der Waals surface area contributed by atoms with E-state index < -0.39 is 5.60 Å². The number of carbonyl (C=O) groups is 1. The molecule has 2 rings (SSSR count). The van der Waals surface area contributed by atoms with E-state index in [4.69, 9.17) is 5.73 Å². The number of nitrogens with zero attached hydrogens (tertiary/aromatic N) is 3. The smallest absolute Gasteiger partial charge is 0.273 e. The molecule has 1 aromatic heterocycles.